The van der Waals surface area contributed by atoms with Crippen molar-refractivity contribution in [3.8, 4) is 22.8 Å². The summed E-state index contributed by atoms with van der Waals surface area (Å²) in [5.41, 5.74) is 5.57. The number of hydrogen-bond acceptors (Lipinski definition) is 14. The lowest BCUT2D eigenvalue weighted by atomic mass is 9.79. The summed E-state index contributed by atoms with van der Waals surface area (Å²) in [5.74, 6) is 0.886. The second-order valence-electron chi connectivity index (χ2n) is 18.3. The molecule has 4 aliphatic heterocycles. The zero-order valence-electron chi connectivity index (χ0n) is 42.1. The molecule has 0 atom stereocenters. The average molecular weight is 1110 g/mol. The number of carbonyl (C=O) groups is 2. The Balaban J connectivity index is 0.000000168. The summed E-state index contributed by atoms with van der Waals surface area (Å²) in [5, 5.41) is 24.7. The molecule has 0 saturated carbocycles. The summed E-state index contributed by atoms with van der Waals surface area (Å²) in [6.07, 6.45) is -5.31. The highest BCUT2D eigenvalue weighted by atomic mass is 35.5. The van der Waals surface area contributed by atoms with Gasteiger partial charge in [0.15, 0.2) is 0 Å². The summed E-state index contributed by atoms with van der Waals surface area (Å²) < 4.78 is 92.6. The molecule has 4 aromatic carbocycles. The third kappa shape index (κ3) is 16.8. The van der Waals surface area contributed by atoms with Gasteiger partial charge in [0.1, 0.15) is 28.3 Å². The lowest BCUT2D eigenvalue weighted by Crippen LogP contribution is -2.36. The Morgan fingerprint density at radius 2 is 0.974 bits per heavy atom. The van der Waals surface area contributed by atoms with Gasteiger partial charge in [0.25, 0.3) is 11.8 Å². The van der Waals surface area contributed by atoms with E-state index >= 15 is 0 Å². The van der Waals surface area contributed by atoms with Gasteiger partial charge in [0.05, 0.1) is 32.1 Å². The maximum absolute atomic E-state index is 13.0. The van der Waals surface area contributed by atoms with Crippen LogP contribution in [0.5, 0.6) is 11.5 Å². The molecular weight excluding hydrogens is 1050 g/mol. The fourth-order valence-corrected chi connectivity index (χ4v) is 9.07. The fourth-order valence-electron chi connectivity index (χ4n) is 8.86. The zero-order valence-corrected chi connectivity index (χ0v) is 42.9. The van der Waals surface area contributed by atoms with Crippen LogP contribution in [0, 0.1) is 0 Å². The van der Waals surface area contributed by atoms with E-state index in [-0.39, 0.29) is 23.3 Å². The first-order valence-corrected chi connectivity index (χ1v) is 25.5. The van der Waals surface area contributed by atoms with Crippen LogP contribution in [0.2, 0.25) is 5.15 Å². The quantitative estimate of drug-likeness (QED) is 0.0519. The van der Waals surface area contributed by atoms with Crippen molar-refractivity contribution in [1.29, 1.82) is 0 Å². The Labute approximate surface area is 451 Å². The molecule has 4 saturated heterocycles. The average Bonchev–Trinajstić information content (AvgIpc) is 4.20. The van der Waals surface area contributed by atoms with E-state index in [1.165, 1.54) is 54.6 Å². The number of nitrogens with one attached hydrogen (secondary N) is 2. The number of anilines is 6. The highest BCUT2D eigenvalue weighted by Gasteiger charge is 2.32. The number of carbonyl (C=O) groups excluding carboxylic acids is 2. The number of aromatic nitrogens is 2. The predicted octanol–water partition coefficient (Wildman–Crippen LogP) is 9.28. The molecule has 0 unspecified atom stereocenters. The monoisotopic (exact) mass is 1100 g/mol. The van der Waals surface area contributed by atoms with E-state index in [0.29, 0.717) is 89.7 Å². The molecule has 24 heteroatoms. The minimum atomic E-state index is -4.74. The van der Waals surface area contributed by atoms with Crippen LogP contribution in [0.15, 0.2) is 121 Å². The second-order valence-corrected chi connectivity index (χ2v) is 18.7. The van der Waals surface area contributed by atoms with Gasteiger partial charge in [-0.2, -0.15) is 0 Å². The molecule has 4 fully saturated rings. The predicted molar refractivity (Wildman–Crippen MR) is 284 cm³/mol. The van der Waals surface area contributed by atoms with Crippen molar-refractivity contribution in [3.05, 3.63) is 138 Å². The number of alkyl halides is 6. The van der Waals surface area contributed by atoms with Gasteiger partial charge in [-0.3, -0.25) is 9.59 Å². The standard InChI is InChI=1S/C27H27F3N4O3.C16H15ClF3N3O2.C11H14BNO3/c28-27(29,30)37-23-8-6-21(7-9-23)31-22-17-24(32-25(18-22)33-12-14-36-15-13-33)19-4-3-5-20(16-19)26(35)34-10-1-2-11-34;17-14-9-12(10-15(22-14)23-5-7-24-8-6-23)21-11-1-3-13(4-2-11)25-16(18,19)20;14-11(13-6-1-2-7-13)9-4-3-5-10(8-9)12(15)16/h3-9,16-18H,1-2,10-15H2,(H,31,32);1-4,9-10H,5-8H2,(H,21,22);3-5,8,15-16H,1-2,6-7H2. The largest absolute Gasteiger partial charge is 0.573 e. The molecule has 78 heavy (non-hydrogen) atoms. The van der Waals surface area contributed by atoms with Gasteiger partial charge in [-0.25, -0.2) is 9.97 Å². The molecule has 0 radical (unpaired) electrons. The smallest absolute Gasteiger partial charge is 0.423 e. The highest BCUT2D eigenvalue weighted by molar-refractivity contribution is 6.58. The molecule has 0 spiro atoms. The maximum atomic E-state index is 13.0. The third-order valence-electron chi connectivity index (χ3n) is 12.6. The van der Waals surface area contributed by atoms with Crippen molar-refractivity contribution in [2.75, 3.05) is 99.2 Å². The Bertz CT molecular complexity index is 2940. The molecule has 10 rings (SSSR count). The fraction of sp³-hybridized carbons (Fsp3) is 0.333. The Kier molecular flexibility index (Phi) is 19.2. The van der Waals surface area contributed by atoms with Crippen LogP contribution in [0.1, 0.15) is 46.4 Å². The molecule has 0 aliphatic carbocycles. The number of morpholine rings is 2. The minimum absolute atomic E-state index is 0.0168. The molecular formula is C54H56BClF6N8O8. The second kappa shape index (κ2) is 26.4. The van der Waals surface area contributed by atoms with E-state index in [0.717, 1.165) is 82.2 Å². The van der Waals surface area contributed by atoms with Crippen LogP contribution in [0.25, 0.3) is 11.3 Å². The van der Waals surface area contributed by atoms with Crippen LogP contribution in [-0.2, 0) is 9.47 Å². The van der Waals surface area contributed by atoms with Crippen molar-refractivity contribution >= 4 is 70.4 Å². The van der Waals surface area contributed by atoms with E-state index < -0.39 is 19.8 Å². The number of likely N-dealkylation sites (tertiary alicyclic amines) is 2. The SMILES string of the molecule is FC(F)(F)Oc1ccc(Nc2cc(Cl)nc(N3CCOCC3)c2)cc1.O=C(c1cccc(-c2cc(Nc3ccc(OC(F)(F)F)cc3)cc(N3CCOCC3)n2)c1)N1CCCC1.O=C(c1cccc(B(O)O)c1)N1CCCC1. The zero-order chi connectivity index (χ0) is 55.2. The number of benzene rings is 4. The lowest BCUT2D eigenvalue weighted by Gasteiger charge is -2.28. The topological polar surface area (TPSA) is 174 Å². The molecule has 2 amide bonds. The van der Waals surface area contributed by atoms with Crippen LogP contribution in [0.3, 0.4) is 0 Å². The Morgan fingerprint density at radius 1 is 0.538 bits per heavy atom. The molecule has 412 valence electrons. The van der Waals surface area contributed by atoms with Crippen molar-refractivity contribution < 1.29 is 64.9 Å². The number of ether oxygens (including phenoxy) is 4. The molecule has 2 aromatic heterocycles. The molecule has 4 aliphatic rings. The molecule has 0 bridgehead atoms. The summed E-state index contributed by atoms with van der Waals surface area (Å²) in [4.78, 5) is 42.0. The Morgan fingerprint density at radius 3 is 1.44 bits per heavy atom. The maximum Gasteiger partial charge on any atom is 0.573 e. The van der Waals surface area contributed by atoms with Crippen LogP contribution < -0.4 is 35.4 Å². The van der Waals surface area contributed by atoms with Crippen molar-refractivity contribution in [2.45, 2.75) is 38.4 Å². The first kappa shape index (κ1) is 56.9. The molecule has 16 nitrogen and oxygen atoms in total. The van der Waals surface area contributed by atoms with Crippen LogP contribution >= 0.6 is 11.6 Å². The van der Waals surface area contributed by atoms with Crippen LogP contribution in [0.4, 0.5) is 60.7 Å². The summed E-state index contributed by atoms with van der Waals surface area (Å²) in [6.45, 7) is 8.38. The molecule has 6 aromatic rings. The van der Waals surface area contributed by atoms with E-state index in [1.54, 1.807) is 29.2 Å². The van der Waals surface area contributed by atoms with E-state index in [4.69, 9.17) is 36.1 Å². The van der Waals surface area contributed by atoms with Gasteiger partial charge in [0.2, 0.25) is 0 Å². The summed E-state index contributed by atoms with van der Waals surface area (Å²) in [6, 6.07) is 32.2. The minimum Gasteiger partial charge on any atom is -0.423 e. The van der Waals surface area contributed by atoms with Crippen molar-refractivity contribution in [2.24, 2.45) is 0 Å². The van der Waals surface area contributed by atoms with Crippen LogP contribution in [-0.4, -0.2) is 140 Å². The number of rotatable bonds is 12. The normalized spacial score (nSPS) is 15.6. The van der Waals surface area contributed by atoms with Gasteiger partial charge in [-0.1, -0.05) is 35.9 Å². The van der Waals surface area contributed by atoms with E-state index in [1.807, 2.05) is 47.4 Å². The summed E-state index contributed by atoms with van der Waals surface area (Å²) >= 11 is 6.08. The number of pyridine rings is 2. The lowest BCUT2D eigenvalue weighted by molar-refractivity contribution is -0.275. The number of amides is 2. The van der Waals surface area contributed by atoms with Crippen molar-refractivity contribution in [3.63, 3.8) is 0 Å². The number of hydrogen-bond donors (Lipinski definition) is 4. The van der Waals surface area contributed by atoms with Gasteiger partial charge < -0.3 is 59.2 Å². The first-order valence-electron chi connectivity index (χ1n) is 25.2. The Hall–Kier alpha value is -7.31. The number of halogens is 7. The number of nitrogens with zero attached hydrogens (tertiary/aromatic N) is 6. The van der Waals surface area contributed by atoms with E-state index in [9.17, 15) is 35.9 Å². The molecule has 4 N–H and O–H groups in total. The van der Waals surface area contributed by atoms with Gasteiger partial charge in [-0.15, -0.1) is 26.3 Å². The van der Waals surface area contributed by atoms with Crippen molar-refractivity contribution in [1.82, 2.24) is 19.8 Å². The summed E-state index contributed by atoms with van der Waals surface area (Å²) in [7, 11) is -1.52. The highest BCUT2D eigenvalue weighted by Crippen LogP contribution is 2.32. The van der Waals surface area contributed by atoms with Gasteiger partial charge in [-0.05, 0) is 116 Å². The van der Waals surface area contributed by atoms with Gasteiger partial charge in [0, 0.05) is 104 Å². The van der Waals surface area contributed by atoms with Gasteiger partial charge >= 0.3 is 19.8 Å². The third-order valence-corrected chi connectivity index (χ3v) is 12.8. The first-order chi connectivity index (χ1) is 37.4. The van der Waals surface area contributed by atoms with E-state index in [2.05, 4.69) is 34.9 Å². The molecule has 6 heterocycles.